The molecule has 1 atom stereocenters. The Balaban J connectivity index is 1.88. The van der Waals surface area contributed by atoms with Crippen LogP contribution in [0.25, 0.3) is 0 Å². The Morgan fingerprint density at radius 1 is 1.22 bits per heavy atom. The van der Waals surface area contributed by atoms with Gasteiger partial charge in [-0.05, 0) is 63.3 Å². The summed E-state index contributed by atoms with van der Waals surface area (Å²) in [6.07, 6.45) is 6.70. The Kier molecular flexibility index (Phi) is 5.06. The molecule has 0 spiro atoms. The quantitative estimate of drug-likeness (QED) is 0.818. The highest BCUT2D eigenvalue weighted by Gasteiger charge is 2.16. The lowest BCUT2D eigenvalue weighted by Crippen LogP contribution is -2.19. The van der Waals surface area contributed by atoms with E-state index in [1.165, 1.54) is 37.7 Å². The lowest BCUT2D eigenvalue weighted by Gasteiger charge is -2.16. The summed E-state index contributed by atoms with van der Waals surface area (Å²) in [6, 6.07) is 9.00. The molecule has 2 rings (SSSR count). The first-order valence-electron chi connectivity index (χ1n) is 7.29. The number of rotatable bonds is 6. The summed E-state index contributed by atoms with van der Waals surface area (Å²) in [5.74, 6) is 1.02. The molecule has 0 aromatic heterocycles. The molecular formula is C16H25NO. The molecule has 0 aliphatic heterocycles. The van der Waals surface area contributed by atoms with Gasteiger partial charge in [0.15, 0.2) is 0 Å². The Bertz CT molecular complexity index is 341. The van der Waals surface area contributed by atoms with Crippen molar-refractivity contribution in [3.05, 3.63) is 29.8 Å². The van der Waals surface area contributed by atoms with Gasteiger partial charge in [-0.25, -0.2) is 0 Å². The molecule has 1 N–H and O–H groups in total. The van der Waals surface area contributed by atoms with Crippen LogP contribution in [0.5, 0.6) is 5.75 Å². The molecule has 0 amide bonds. The third kappa shape index (κ3) is 3.74. The molecule has 0 bridgehead atoms. The zero-order valence-electron chi connectivity index (χ0n) is 11.6. The van der Waals surface area contributed by atoms with Gasteiger partial charge in [-0.1, -0.05) is 19.1 Å². The van der Waals surface area contributed by atoms with Crippen molar-refractivity contribution in [3.63, 3.8) is 0 Å². The number of nitrogens with one attached hydrogen (secondary N) is 1. The molecule has 2 heteroatoms. The maximum Gasteiger partial charge on any atom is 0.119 e. The molecule has 0 saturated heterocycles. The molecule has 1 aliphatic rings. The fourth-order valence-electron chi connectivity index (χ4n) is 2.51. The van der Waals surface area contributed by atoms with Gasteiger partial charge in [0.25, 0.3) is 0 Å². The molecular weight excluding hydrogens is 222 g/mol. The van der Waals surface area contributed by atoms with Crippen LogP contribution in [0.1, 0.15) is 57.6 Å². The van der Waals surface area contributed by atoms with Crippen LogP contribution in [0, 0.1) is 0 Å². The van der Waals surface area contributed by atoms with Crippen molar-refractivity contribution in [2.24, 2.45) is 0 Å². The summed E-state index contributed by atoms with van der Waals surface area (Å²) in [5.41, 5.74) is 1.34. The molecule has 1 fully saturated rings. The topological polar surface area (TPSA) is 21.3 Å². The fourth-order valence-corrected chi connectivity index (χ4v) is 2.51. The smallest absolute Gasteiger partial charge is 0.119 e. The maximum absolute atomic E-state index is 5.97. The molecule has 100 valence electrons. The second kappa shape index (κ2) is 6.79. The van der Waals surface area contributed by atoms with Gasteiger partial charge in [-0.15, -0.1) is 0 Å². The molecule has 0 heterocycles. The summed E-state index contributed by atoms with van der Waals surface area (Å²) in [7, 11) is 0. The number of hydrogen-bond acceptors (Lipinski definition) is 2. The van der Waals surface area contributed by atoms with E-state index in [0.717, 1.165) is 12.3 Å². The lowest BCUT2D eigenvalue weighted by molar-refractivity contribution is 0.210. The van der Waals surface area contributed by atoms with E-state index in [9.17, 15) is 0 Å². The summed E-state index contributed by atoms with van der Waals surface area (Å²) in [6.45, 7) is 5.47. The lowest BCUT2D eigenvalue weighted by atomic mass is 10.1. The minimum absolute atomic E-state index is 0.422. The van der Waals surface area contributed by atoms with E-state index in [-0.39, 0.29) is 0 Å². The van der Waals surface area contributed by atoms with Gasteiger partial charge in [0, 0.05) is 6.04 Å². The highest BCUT2D eigenvalue weighted by molar-refractivity contribution is 5.29. The zero-order valence-corrected chi connectivity index (χ0v) is 11.6. The van der Waals surface area contributed by atoms with Crippen LogP contribution in [-0.4, -0.2) is 12.6 Å². The van der Waals surface area contributed by atoms with Gasteiger partial charge < -0.3 is 10.1 Å². The van der Waals surface area contributed by atoms with Crippen molar-refractivity contribution >= 4 is 0 Å². The highest BCUT2D eigenvalue weighted by atomic mass is 16.5. The van der Waals surface area contributed by atoms with Gasteiger partial charge in [-0.3, -0.25) is 0 Å². The third-order valence-electron chi connectivity index (χ3n) is 3.69. The molecule has 0 radical (unpaired) electrons. The van der Waals surface area contributed by atoms with Crippen LogP contribution in [0.4, 0.5) is 0 Å². The molecule has 2 nitrogen and oxygen atoms in total. The Labute approximate surface area is 111 Å². The first kappa shape index (κ1) is 13.4. The standard InChI is InChI=1S/C16H25NO/c1-3-12-17-13(2)14-8-10-16(11-9-14)18-15-6-4-5-7-15/h8-11,13,15,17H,3-7,12H2,1-2H3/t13-/m0/s1. The fraction of sp³-hybridized carbons (Fsp3) is 0.625. The summed E-state index contributed by atoms with van der Waals surface area (Å²) < 4.78 is 5.97. The molecule has 1 saturated carbocycles. The van der Waals surface area contributed by atoms with Gasteiger partial charge in [-0.2, -0.15) is 0 Å². The van der Waals surface area contributed by atoms with Gasteiger partial charge >= 0.3 is 0 Å². The summed E-state index contributed by atoms with van der Waals surface area (Å²) in [4.78, 5) is 0. The average Bonchev–Trinajstić information content (AvgIpc) is 2.89. The largest absolute Gasteiger partial charge is 0.490 e. The van der Waals surface area contributed by atoms with Crippen LogP contribution in [0.2, 0.25) is 0 Å². The third-order valence-corrected chi connectivity index (χ3v) is 3.69. The van der Waals surface area contributed by atoms with Crippen molar-refractivity contribution in [2.45, 2.75) is 58.1 Å². The number of hydrogen-bond donors (Lipinski definition) is 1. The molecule has 1 aromatic carbocycles. The maximum atomic E-state index is 5.97. The molecule has 0 unspecified atom stereocenters. The van der Waals surface area contributed by atoms with Crippen molar-refractivity contribution in [1.29, 1.82) is 0 Å². The molecule has 1 aromatic rings. The monoisotopic (exact) mass is 247 g/mol. The summed E-state index contributed by atoms with van der Waals surface area (Å²) in [5, 5.41) is 3.50. The van der Waals surface area contributed by atoms with Crippen molar-refractivity contribution < 1.29 is 4.74 Å². The Morgan fingerprint density at radius 3 is 2.50 bits per heavy atom. The van der Waals surface area contributed by atoms with E-state index < -0.39 is 0 Å². The van der Waals surface area contributed by atoms with E-state index in [4.69, 9.17) is 4.74 Å². The van der Waals surface area contributed by atoms with E-state index in [1.807, 2.05) is 0 Å². The normalized spacial score (nSPS) is 17.9. The van der Waals surface area contributed by atoms with Crippen molar-refractivity contribution in [2.75, 3.05) is 6.54 Å². The first-order chi connectivity index (χ1) is 8.79. The minimum atomic E-state index is 0.422. The number of ether oxygens (including phenoxy) is 1. The van der Waals surface area contributed by atoms with E-state index >= 15 is 0 Å². The van der Waals surface area contributed by atoms with Gasteiger partial charge in [0.05, 0.1) is 6.10 Å². The van der Waals surface area contributed by atoms with Crippen LogP contribution in [0.3, 0.4) is 0 Å². The minimum Gasteiger partial charge on any atom is -0.490 e. The second-order valence-corrected chi connectivity index (χ2v) is 5.27. The zero-order chi connectivity index (χ0) is 12.8. The average molecular weight is 247 g/mol. The van der Waals surface area contributed by atoms with Crippen LogP contribution < -0.4 is 10.1 Å². The van der Waals surface area contributed by atoms with Crippen LogP contribution in [-0.2, 0) is 0 Å². The molecule has 1 aliphatic carbocycles. The second-order valence-electron chi connectivity index (χ2n) is 5.27. The van der Waals surface area contributed by atoms with Crippen LogP contribution in [0.15, 0.2) is 24.3 Å². The van der Waals surface area contributed by atoms with Gasteiger partial charge in [0.1, 0.15) is 5.75 Å². The number of benzene rings is 1. The van der Waals surface area contributed by atoms with Gasteiger partial charge in [0.2, 0.25) is 0 Å². The Morgan fingerprint density at radius 2 is 1.89 bits per heavy atom. The predicted octanol–water partition coefficient (Wildman–Crippen LogP) is 4.07. The van der Waals surface area contributed by atoms with E-state index in [0.29, 0.717) is 12.1 Å². The SMILES string of the molecule is CCCN[C@@H](C)c1ccc(OC2CCCC2)cc1. The highest BCUT2D eigenvalue weighted by Crippen LogP contribution is 2.25. The van der Waals surface area contributed by atoms with E-state index in [2.05, 4.69) is 43.4 Å². The van der Waals surface area contributed by atoms with Crippen molar-refractivity contribution in [1.82, 2.24) is 5.32 Å². The van der Waals surface area contributed by atoms with Crippen molar-refractivity contribution in [3.8, 4) is 5.75 Å². The molecule has 18 heavy (non-hydrogen) atoms. The summed E-state index contributed by atoms with van der Waals surface area (Å²) >= 11 is 0. The first-order valence-corrected chi connectivity index (χ1v) is 7.29. The van der Waals surface area contributed by atoms with Crippen LogP contribution >= 0.6 is 0 Å². The predicted molar refractivity (Wildman–Crippen MR) is 76.0 cm³/mol. The van der Waals surface area contributed by atoms with E-state index in [1.54, 1.807) is 0 Å². The Hall–Kier alpha value is -1.02.